The second-order valence-electron chi connectivity index (χ2n) is 8.36. The molecule has 0 bridgehead atoms. The number of hydrogen-bond acceptors (Lipinski definition) is 7. The Balaban J connectivity index is 0.000000148. The lowest BCUT2D eigenvalue weighted by atomic mass is 9.97. The number of aromatic nitrogens is 1. The topological polar surface area (TPSA) is 137 Å². The lowest BCUT2D eigenvalue weighted by Crippen LogP contribution is -2.61. The smallest absolute Gasteiger partial charge is 0.294 e. The SMILES string of the molecule is Cc1ccc(S(=O)(=O)O)cc1.Cc1ccc(S(=O)(=O)O)cc1.c1cncc(N2C[C@H]3NCC[C@H]32)c1. The van der Waals surface area contributed by atoms with Crippen molar-refractivity contribution in [2.45, 2.75) is 42.1 Å². The van der Waals surface area contributed by atoms with E-state index < -0.39 is 20.2 Å². The predicted molar refractivity (Wildman–Crippen MR) is 134 cm³/mol. The third-order valence-corrected chi connectivity index (χ3v) is 7.46. The maximum Gasteiger partial charge on any atom is 0.294 e. The Kier molecular flexibility index (Phi) is 8.62. The van der Waals surface area contributed by atoms with Crippen LogP contribution in [0.25, 0.3) is 0 Å². The van der Waals surface area contributed by atoms with Crippen LogP contribution in [0.5, 0.6) is 0 Å². The molecule has 9 nitrogen and oxygen atoms in total. The minimum atomic E-state index is -4.02. The predicted octanol–water partition coefficient (Wildman–Crippen LogP) is 3.12. The Morgan fingerprint density at radius 2 is 1.37 bits per heavy atom. The molecule has 2 aliphatic heterocycles. The Bertz CT molecular complexity index is 1240. The van der Waals surface area contributed by atoms with Gasteiger partial charge in [0.25, 0.3) is 20.2 Å². The van der Waals surface area contributed by atoms with Gasteiger partial charge in [-0.1, -0.05) is 35.4 Å². The summed E-state index contributed by atoms with van der Waals surface area (Å²) in [6, 6.07) is 17.6. The molecule has 0 unspecified atom stereocenters. The largest absolute Gasteiger partial charge is 0.364 e. The summed E-state index contributed by atoms with van der Waals surface area (Å²) in [6.45, 7) is 6.00. The van der Waals surface area contributed by atoms with Crippen LogP contribution in [-0.4, -0.2) is 56.1 Å². The highest BCUT2D eigenvalue weighted by atomic mass is 32.2. The molecule has 35 heavy (non-hydrogen) atoms. The van der Waals surface area contributed by atoms with Gasteiger partial charge in [0, 0.05) is 24.8 Å². The number of anilines is 1. The molecule has 5 rings (SSSR count). The molecule has 2 aromatic carbocycles. The average molecular weight is 520 g/mol. The zero-order chi connectivity index (χ0) is 25.6. The van der Waals surface area contributed by atoms with Gasteiger partial charge in [0.05, 0.1) is 21.7 Å². The number of pyridine rings is 1. The summed E-state index contributed by atoms with van der Waals surface area (Å²) in [6.07, 6.45) is 5.06. The van der Waals surface area contributed by atoms with Crippen LogP contribution >= 0.6 is 0 Å². The van der Waals surface area contributed by atoms with Crippen molar-refractivity contribution in [3.05, 3.63) is 84.2 Å². The van der Waals surface area contributed by atoms with Gasteiger partial charge in [-0.25, -0.2) is 0 Å². The van der Waals surface area contributed by atoms with Crippen molar-refractivity contribution in [1.82, 2.24) is 10.3 Å². The van der Waals surface area contributed by atoms with Gasteiger partial charge in [-0.2, -0.15) is 16.8 Å². The molecule has 0 saturated carbocycles. The average Bonchev–Trinajstić information content (AvgIpc) is 3.15. The van der Waals surface area contributed by atoms with E-state index in [0.29, 0.717) is 0 Å². The van der Waals surface area contributed by atoms with Gasteiger partial charge in [0.2, 0.25) is 0 Å². The summed E-state index contributed by atoms with van der Waals surface area (Å²) in [5.41, 5.74) is 3.18. The fourth-order valence-electron chi connectivity index (χ4n) is 3.76. The minimum absolute atomic E-state index is 0.0666. The number of hydrogen-bond donors (Lipinski definition) is 3. The zero-order valence-corrected chi connectivity index (χ0v) is 21.1. The maximum absolute atomic E-state index is 10.5. The number of fused-ring (bicyclic) bond motifs is 1. The third kappa shape index (κ3) is 7.58. The first-order valence-corrected chi connectivity index (χ1v) is 13.8. The monoisotopic (exact) mass is 519 g/mol. The van der Waals surface area contributed by atoms with Crippen molar-refractivity contribution in [3.8, 4) is 0 Å². The Labute approximate surface area is 206 Å². The highest BCUT2D eigenvalue weighted by Gasteiger charge is 2.41. The van der Waals surface area contributed by atoms with Crippen LogP contribution in [0.3, 0.4) is 0 Å². The fourth-order valence-corrected chi connectivity index (χ4v) is 4.72. The summed E-state index contributed by atoms with van der Waals surface area (Å²) in [7, 11) is -8.04. The normalized spacial score (nSPS) is 18.8. The van der Waals surface area contributed by atoms with Crippen LogP contribution in [0.4, 0.5) is 5.69 Å². The van der Waals surface area contributed by atoms with E-state index >= 15 is 0 Å². The van der Waals surface area contributed by atoms with Crippen LogP contribution in [-0.2, 0) is 20.2 Å². The fraction of sp³-hybridized carbons (Fsp3) is 0.292. The number of rotatable bonds is 3. The second-order valence-corrected chi connectivity index (χ2v) is 11.2. The highest BCUT2D eigenvalue weighted by molar-refractivity contribution is 7.86. The zero-order valence-electron chi connectivity index (χ0n) is 19.4. The van der Waals surface area contributed by atoms with E-state index in [1.54, 1.807) is 24.3 Å². The molecule has 11 heteroatoms. The second kappa shape index (κ2) is 11.3. The van der Waals surface area contributed by atoms with Gasteiger partial charge in [-0.05, 0) is 63.2 Å². The number of nitrogens with zero attached hydrogens (tertiary/aromatic N) is 2. The first-order chi connectivity index (χ1) is 16.4. The van der Waals surface area contributed by atoms with E-state index in [-0.39, 0.29) is 9.79 Å². The lowest BCUT2D eigenvalue weighted by Gasteiger charge is -2.45. The molecule has 0 spiro atoms. The molecular weight excluding hydrogens is 490 g/mol. The lowest BCUT2D eigenvalue weighted by molar-refractivity contribution is 0.396. The van der Waals surface area contributed by atoms with Crippen LogP contribution in [0, 0.1) is 13.8 Å². The standard InChI is InChI=1S/C10H13N3.2C7H8O3S/c1-2-8(6-11-4-1)13-7-9-10(13)3-5-12-9;2*1-6-2-4-7(5-3-6)11(8,9)10/h1-2,4,6,9-10,12H,3,5,7H2;2*2-5H,1H3,(H,8,9,10)/t9-,10-;;/m1../s1. The first kappa shape index (κ1) is 26.8. The van der Waals surface area contributed by atoms with E-state index in [1.165, 1.54) is 42.9 Å². The molecule has 0 aliphatic carbocycles. The van der Waals surface area contributed by atoms with Crippen molar-refractivity contribution >= 4 is 25.9 Å². The third-order valence-electron chi connectivity index (χ3n) is 5.72. The van der Waals surface area contributed by atoms with E-state index in [2.05, 4.69) is 21.3 Å². The van der Waals surface area contributed by atoms with Crippen LogP contribution in [0.2, 0.25) is 0 Å². The molecule has 1 aromatic heterocycles. The Morgan fingerprint density at radius 3 is 1.77 bits per heavy atom. The van der Waals surface area contributed by atoms with Crippen LogP contribution in [0.1, 0.15) is 17.5 Å². The quantitative estimate of drug-likeness (QED) is 0.446. The molecule has 2 aliphatic rings. The molecular formula is C24H29N3O6S2. The van der Waals surface area contributed by atoms with Gasteiger partial charge in [0.15, 0.2) is 0 Å². The van der Waals surface area contributed by atoms with E-state index in [1.807, 2.05) is 32.3 Å². The van der Waals surface area contributed by atoms with Gasteiger partial charge < -0.3 is 10.2 Å². The van der Waals surface area contributed by atoms with Crippen molar-refractivity contribution < 1.29 is 25.9 Å². The summed E-state index contributed by atoms with van der Waals surface area (Å²) in [4.78, 5) is 6.45. The molecule has 2 saturated heterocycles. The molecule has 3 aromatic rings. The van der Waals surface area contributed by atoms with E-state index in [4.69, 9.17) is 9.11 Å². The maximum atomic E-state index is 10.5. The van der Waals surface area contributed by atoms with Crippen molar-refractivity contribution in [3.63, 3.8) is 0 Å². The van der Waals surface area contributed by atoms with Gasteiger partial charge >= 0.3 is 0 Å². The molecule has 2 atom stereocenters. The molecule has 0 amide bonds. The Hall–Kier alpha value is -2.83. The van der Waals surface area contributed by atoms with E-state index in [9.17, 15) is 16.8 Å². The molecule has 0 radical (unpaired) electrons. The molecule has 2 fully saturated rings. The van der Waals surface area contributed by atoms with Gasteiger partial charge in [0.1, 0.15) is 0 Å². The minimum Gasteiger partial charge on any atom is -0.364 e. The van der Waals surface area contributed by atoms with Gasteiger partial charge in [-0.15, -0.1) is 0 Å². The Morgan fingerprint density at radius 1 is 0.857 bits per heavy atom. The van der Waals surface area contributed by atoms with E-state index in [0.717, 1.165) is 29.8 Å². The number of aryl methyl sites for hydroxylation is 2. The molecule has 3 heterocycles. The van der Waals surface area contributed by atoms with Gasteiger partial charge in [-0.3, -0.25) is 14.1 Å². The highest BCUT2D eigenvalue weighted by Crippen LogP contribution is 2.30. The van der Waals surface area contributed by atoms with Crippen molar-refractivity contribution in [2.24, 2.45) is 0 Å². The number of benzene rings is 2. The first-order valence-electron chi connectivity index (χ1n) is 10.9. The number of nitrogens with one attached hydrogen (secondary N) is 1. The summed E-state index contributed by atoms with van der Waals surface area (Å²) in [5.74, 6) is 0. The molecule has 3 N–H and O–H groups in total. The summed E-state index contributed by atoms with van der Waals surface area (Å²) >= 11 is 0. The van der Waals surface area contributed by atoms with Crippen LogP contribution in [0.15, 0.2) is 82.8 Å². The summed E-state index contributed by atoms with van der Waals surface area (Å²) < 4.78 is 59.1. The van der Waals surface area contributed by atoms with Crippen LogP contribution < -0.4 is 10.2 Å². The summed E-state index contributed by atoms with van der Waals surface area (Å²) in [5, 5.41) is 3.49. The van der Waals surface area contributed by atoms with Crippen molar-refractivity contribution in [2.75, 3.05) is 18.0 Å². The molecule has 188 valence electrons. The van der Waals surface area contributed by atoms with Crippen molar-refractivity contribution in [1.29, 1.82) is 0 Å².